The van der Waals surface area contributed by atoms with E-state index in [2.05, 4.69) is 10.0 Å². The zero-order valence-electron chi connectivity index (χ0n) is 17.8. The molecule has 3 rings (SSSR count). The van der Waals surface area contributed by atoms with Crippen LogP contribution in [0.2, 0.25) is 5.02 Å². The number of ether oxygens (including phenoxy) is 2. The van der Waals surface area contributed by atoms with Crippen molar-refractivity contribution in [2.24, 2.45) is 0 Å². The van der Waals surface area contributed by atoms with Crippen LogP contribution in [0.1, 0.15) is 15.9 Å². The van der Waals surface area contributed by atoms with Gasteiger partial charge in [-0.25, -0.2) is 13.2 Å². The molecule has 8 nitrogen and oxygen atoms in total. The van der Waals surface area contributed by atoms with Gasteiger partial charge in [-0.1, -0.05) is 29.3 Å². The molecule has 0 atom stereocenters. The Morgan fingerprint density at radius 3 is 2.18 bits per heavy atom. The summed E-state index contributed by atoms with van der Waals surface area (Å²) in [5.74, 6) is -0.875. The normalized spacial score (nSPS) is 10.9. The Morgan fingerprint density at radius 2 is 1.58 bits per heavy atom. The summed E-state index contributed by atoms with van der Waals surface area (Å²) >= 11 is 6.01. The molecule has 2 N–H and O–H groups in total. The summed E-state index contributed by atoms with van der Waals surface area (Å²) in [4.78, 5) is 24.2. The van der Waals surface area contributed by atoms with Gasteiger partial charge >= 0.3 is 5.97 Å². The van der Waals surface area contributed by atoms with Gasteiger partial charge in [0.1, 0.15) is 5.75 Å². The fourth-order valence-corrected chi connectivity index (χ4v) is 4.08. The van der Waals surface area contributed by atoms with Crippen molar-refractivity contribution in [3.8, 4) is 5.75 Å². The number of nitrogens with one attached hydrogen (secondary N) is 2. The average molecular weight is 489 g/mol. The summed E-state index contributed by atoms with van der Waals surface area (Å²) < 4.78 is 37.6. The van der Waals surface area contributed by atoms with Gasteiger partial charge in [-0.15, -0.1) is 0 Å². The fraction of sp³-hybridized carbons (Fsp3) is 0.130. The first kappa shape index (κ1) is 24.1. The van der Waals surface area contributed by atoms with E-state index >= 15 is 0 Å². The maximum absolute atomic E-state index is 12.5. The number of hydrogen-bond donors (Lipinski definition) is 2. The van der Waals surface area contributed by atoms with Crippen molar-refractivity contribution < 1.29 is 27.5 Å². The Labute approximate surface area is 196 Å². The molecule has 0 spiro atoms. The number of hydrogen-bond acceptors (Lipinski definition) is 6. The van der Waals surface area contributed by atoms with E-state index in [1.165, 1.54) is 37.4 Å². The van der Waals surface area contributed by atoms with E-state index in [4.69, 9.17) is 21.1 Å². The van der Waals surface area contributed by atoms with E-state index in [1.807, 2.05) is 6.92 Å². The van der Waals surface area contributed by atoms with Crippen molar-refractivity contribution in [2.45, 2.75) is 11.8 Å². The standard InChI is InChI=1S/C23H21ClN2O6S/c1-15-3-7-17(8-4-15)26-33(29,30)19-10-5-16(6-11-19)23(28)32-14-22(27)25-18-9-12-21(31-2)20(24)13-18/h3-13,26H,14H2,1-2H3,(H,25,27). The highest BCUT2D eigenvalue weighted by Gasteiger charge is 2.16. The van der Waals surface area contributed by atoms with Gasteiger partial charge in [-0.05, 0) is 61.5 Å². The third-order valence-corrected chi connectivity index (χ3v) is 6.17. The molecule has 0 heterocycles. The summed E-state index contributed by atoms with van der Waals surface area (Å²) in [7, 11) is -2.35. The Balaban J connectivity index is 1.56. The molecule has 3 aromatic carbocycles. The Hall–Kier alpha value is -3.56. The van der Waals surface area contributed by atoms with Crippen LogP contribution in [0.5, 0.6) is 5.75 Å². The predicted octanol–water partition coefficient (Wildman–Crippen LogP) is 4.25. The largest absolute Gasteiger partial charge is 0.495 e. The van der Waals surface area contributed by atoms with Gasteiger partial charge in [0.2, 0.25) is 0 Å². The number of amides is 1. The van der Waals surface area contributed by atoms with Gasteiger partial charge in [0.15, 0.2) is 6.61 Å². The molecule has 0 aliphatic rings. The second-order valence-corrected chi connectivity index (χ2v) is 9.06. The molecule has 0 saturated carbocycles. The van der Waals surface area contributed by atoms with Gasteiger partial charge in [0.05, 0.1) is 22.6 Å². The lowest BCUT2D eigenvalue weighted by Crippen LogP contribution is -2.21. The fourth-order valence-electron chi connectivity index (χ4n) is 2.76. The van der Waals surface area contributed by atoms with Gasteiger partial charge < -0.3 is 14.8 Å². The van der Waals surface area contributed by atoms with Crippen molar-refractivity contribution >= 4 is 44.9 Å². The molecule has 3 aromatic rings. The predicted molar refractivity (Wildman–Crippen MR) is 125 cm³/mol. The number of carbonyl (C=O) groups is 2. The number of esters is 1. The summed E-state index contributed by atoms with van der Waals surface area (Å²) in [6.07, 6.45) is 0. The third kappa shape index (κ3) is 6.47. The van der Waals surface area contributed by atoms with Crippen LogP contribution in [0.25, 0.3) is 0 Å². The molecular weight excluding hydrogens is 468 g/mol. The number of benzene rings is 3. The topological polar surface area (TPSA) is 111 Å². The summed E-state index contributed by atoms with van der Waals surface area (Å²) in [6, 6.07) is 16.8. The van der Waals surface area contributed by atoms with Crippen LogP contribution >= 0.6 is 11.6 Å². The SMILES string of the molecule is COc1ccc(NC(=O)COC(=O)c2ccc(S(=O)(=O)Nc3ccc(C)cc3)cc2)cc1Cl. The molecule has 0 aromatic heterocycles. The molecule has 33 heavy (non-hydrogen) atoms. The molecule has 0 bridgehead atoms. The second-order valence-electron chi connectivity index (χ2n) is 6.97. The van der Waals surface area contributed by atoms with E-state index in [9.17, 15) is 18.0 Å². The molecule has 0 aliphatic heterocycles. The lowest BCUT2D eigenvalue weighted by molar-refractivity contribution is -0.119. The van der Waals surface area contributed by atoms with Crippen molar-refractivity contribution in [3.05, 3.63) is 82.9 Å². The van der Waals surface area contributed by atoms with Gasteiger partial charge in [0.25, 0.3) is 15.9 Å². The van der Waals surface area contributed by atoms with Crippen LogP contribution in [-0.2, 0) is 19.6 Å². The van der Waals surface area contributed by atoms with E-state index in [0.717, 1.165) is 5.56 Å². The molecule has 10 heteroatoms. The molecule has 0 saturated heterocycles. The van der Waals surface area contributed by atoms with E-state index < -0.39 is 28.5 Å². The Bertz CT molecular complexity index is 1260. The highest BCUT2D eigenvalue weighted by atomic mass is 35.5. The first-order valence-electron chi connectivity index (χ1n) is 9.68. The number of rotatable bonds is 8. The van der Waals surface area contributed by atoms with Crippen LogP contribution in [-0.4, -0.2) is 34.0 Å². The maximum atomic E-state index is 12.5. The van der Waals surface area contributed by atoms with Gasteiger partial charge in [-0.3, -0.25) is 9.52 Å². The van der Waals surface area contributed by atoms with Crippen LogP contribution in [0.15, 0.2) is 71.6 Å². The van der Waals surface area contributed by atoms with Gasteiger partial charge in [0, 0.05) is 11.4 Å². The van der Waals surface area contributed by atoms with Crippen LogP contribution < -0.4 is 14.8 Å². The smallest absolute Gasteiger partial charge is 0.338 e. The first-order chi connectivity index (χ1) is 15.7. The molecule has 0 radical (unpaired) electrons. The van der Waals surface area contributed by atoms with Crippen molar-refractivity contribution in [1.29, 1.82) is 0 Å². The molecular formula is C23H21ClN2O6S. The molecule has 0 unspecified atom stereocenters. The lowest BCUT2D eigenvalue weighted by atomic mass is 10.2. The van der Waals surface area contributed by atoms with E-state index in [0.29, 0.717) is 22.1 Å². The summed E-state index contributed by atoms with van der Waals surface area (Å²) in [5, 5.41) is 2.87. The van der Waals surface area contributed by atoms with Crippen LogP contribution in [0.4, 0.5) is 11.4 Å². The lowest BCUT2D eigenvalue weighted by Gasteiger charge is -2.10. The Kier molecular flexibility index (Phi) is 7.57. The van der Waals surface area contributed by atoms with Crippen LogP contribution in [0, 0.1) is 6.92 Å². The molecule has 0 fully saturated rings. The summed E-state index contributed by atoms with van der Waals surface area (Å²) in [5.41, 5.74) is 1.94. The minimum Gasteiger partial charge on any atom is -0.495 e. The number of methoxy groups -OCH3 is 1. The number of anilines is 2. The summed E-state index contributed by atoms with van der Waals surface area (Å²) in [6.45, 7) is 1.37. The number of carbonyl (C=O) groups excluding carboxylic acids is 2. The zero-order valence-corrected chi connectivity index (χ0v) is 19.4. The first-order valence-corrected chi connectivity index (χ1v) is 11.5. The average Bonchev–Trinajstić information content (AvgIpc) is 2.79. The maximum Gasteiger partial charge on any atom is 0.338 e. The van der Waals surface area contributed by atoms with Crippen molar-refractivity contribution in [2.75, 3.05) is 23.8 Å². The Morgan fingerprint density at radius 1 is 0.939 bits per heavy atom. The minimum atomic E-state index is -3.82. The van der Waals surface area contributed by atoms with Crippen molar-refractivity contribution in [3.63, 3.8) is 0 Å². The highest BCUT2D eigenvalue weighted by Crippen LogP contribution is 2.27. The molecule has 172 valence electrons. The number of aryl methyl sites for hydroxylation is 1. The third-order valence-electron chi connectivity index (χ3n) is 4.47. The quantitative estimate of drug-likeness (QED) is 0.458. The van der Waals surface area contributed by atoms with E-state index in [-0.39, 0.29) is 10.5 Å². The van der Waals surface area contributed by atoms with Crippen LogP contribution in [0.3, 0.4) is 0 Å². The highest BCUT2D eigenvalue weighted by molar-refractivity contribution is 7.92. The monoisotopic (exact) mass is 488 g/mol. The molecule has 0 aliphatic carbocycles. The number of halogens is 1. The second kappa shape index (κ2) is 10.4. The van der Waals surface area contributed by atoms with E-state index in [1.54, 1.807) is 36.4 Å². The minimum absolute atomic E-state index is 0.0197. The number of sulfonamides is 1. The zero-order chi connectivity index (χ0) is 24.0. The van der Waals surface area contributed by atoms with Gasteiger partial charge in [-0.2, -0.15) is 0 Å². The van der Waals surface area contributed by atoms with Crippen molar-refractivity contribution in [1.82, 2.24) is 0 Å². The molecule has 1 amide bonds.